The maximum absolute atomic E-state index is 11.7. The molecule has 0 aliphatic rings. The molecule has 0 saturated heterocycles. The van der Waals surface area contributed by atoms with E-state index in [1.165, 1.54) is 0 Å². The van der Waals surface area contributed by atoms with E-state index in [-0.39, 0.29) is 11.5 Å². The summed E-state index contributed by atoms with van der Waals surface area (Å²) in [6, 6.07) is 5.64. The summed E-state index contributed by atoms with van der Waals surface area (Å²) in [5, 5.41) is 10.0. The van der Waals surface area contributed by atoms with Gasteiger partial charge in [-0.3, -0.25) is 0 Å². The molecular formula is C14H20O3S. The van der Waals surface area contributed by atoms with Gasteiger partial charge in [0.05, 0.1) is 17.6 Å². The second-order valence-corrected chi connectivity index (χ2v) is 6.74. The fourth-order valence-corrected chi connectivity index (χ4v) is 3.15. The minimum atomic E-state index is -3.25. The van der Waals surface area contributed by atoms with Crippen molar-refractivity contribution in [1.29, 1.82) is 0 Å². The van der Waals surface area contributed by atoms with E-state index in [9.17, 15) is 13.5 Å². The third-order valence-electron chi connectivity index (χ3n) is 2.63. The summed E-state index contributed by atoms with van der Waals surface area (Å²) in [5.41, 5.74) is 2.71. The highest BCUT2D eigenvalue weighted by Gasteiger charge is 2.17. The summed E-state index contributed by atoms with van der Waals surface area (Å²) in [5.74, 6) is -0.258. The van der Waals surface area contributed by atoms with Gasteiger partial charge in [0.2, 0.25) is 0 Å². The number of aryl methyl sites for hydroxylation is 2. The van der Waals surface area contributed by atoms with Crippen LogP contribution in [0.5, 0.6) is 0 Å². The number of aliphatic hydroxyl groups excluding tert-OH is 1. The highest BCUT2D eigenvalue weighted by Crippen LogP contribution is 2.18. The van der Waals surface area contributed by atoms with E-state index < -0.39 is 15.9 Å². The molecule has 0 bridgehead atoms. The molecule has 18 heavy (non-hydrogen) atoms. The number of benzene rings is 1. The molecule has 1 aromatic carbocycles. The van der Waals surface area contributed by atoms with E-state index in [0.29, 0.717) is 5.56 Å². The van der Waals surface area contributed by atoms with Gasteiger partial charge < -0.3 is 5.11 Å². The second-order valence-electron chi connectivity index (χ2n) is 4.58. The number of sulfone groups is 1. The molecule has 0 heterocycles. The van der Waals surface area contributed by atoms with Gasteiger partial charge in [0, 0.05) is 0 Å². The van der Waals surface area contributed by atoms with Crippen LogP contribution < -0.4 is 0 Å². The first-order valence-corrected chi connectivity index (χ1v) is 7.74. The third kappa shape index (κ3) is 4.63. The lowest BCUT2D eigenvalue weighted by Gasteiger charge is -2.12. The molecule has 100 valence electrons. The van der Waals surface area contributed by atoms with Crippen LogP contribution in [0.3, 0.4) is 0 Å². The predicted octanol–water partition coefficient (Wildman–Crippen LogP) is 2.33. The number of rotatable bonds is 5. The van der Waals surface area contributed by atoms with Crippen molar-refractivity contribution in [3.63, 3.8) is 0 Å². The van der Waals surface area contributed by atoms with E-state index >= 15 is 0 Å². The van der Waals surface area contributed by atoms with E-state index in [2.05, 4.69) is 0 Å². The Morgan fingerprint density at radius 3 is 2.28 bits per heavy atom. The van der Waals surface area contributed by atoms with Crippen LogP contribution in [0.1, 0.15) is 29.7 Å². The van der Waals surface area contributed by atoms with Gasteiger partial charge >= 0.3 is 0 Å². The molecule has 4 heteroatoms. The van der Waals surface area contributed by atoms with Crippen LogP contribution in [-0.4, -0.2) is 25.0 Å². The van der Waals surface area contributed by atoms with Gasteiger partial charge in [-0.05, 0) is 26.3 Å². The molecular weight excluding hydrogens is 248 g/mol. The van der Waals surface area contributed by atoms with Crippen molar-refractivity contribution in [3.05, 3.63) is 47.0 Å². The first-order valence-electron chi connectivity index (χ1n) is 5.92. The van der Waals surface area contributed by atoms with Crippen LogP contribution in [0.15, 0.2) is 30.4 Å². The van der Waals surface area contributed by atoms with Gasteiger partial charge in [0.25, 0.3) is 0 Å². The lowest BCUT2D eigenvalue weighted by atomic mass is 10.0. The number of aliphatic hydroxyl groups is 1. The molecule has 1 atom stereocenters. The average molecular weight is 268 g/mol. The molecule has 0 fully saturated rings. The Balaban J connectivity index is 2.85. The fourth-order valence-electron chi connectivity index (χ4n) is 1.85. The summed E-state index contributed by atoms with van der Waals surface area (Å²) >= 11 is 0. The number of allylic oxidation sites excluding steroid dienone is 1. The van der Waals surface area contributed by atoms with Gasteiger partial charge in [-0.2, -0.15) is 0 Å². The van der Waals surface area contributed by atoms with Gasteiger partial charge in [-0.1, -0.05) is 41.5 Å². The minimum Gasteiger partial charge on any atom is -0.387 e. The molecule has 1 rings (SSSR count). The molecule has 0 spiro atoms. The molecule has 0 amide bonds. The lowest BCUT2D eigenvalue weighted by molar-refractivity contribution is 0.201. The predicted molar refractivity (Wildman–Crippen MR) is 74.3 cm³/mol. The third-order valence-corrected chi connectivity index (χ3v) is 4.15. The minimum absolute atomic E-state index is 0.0225. The van der Waals surface area contributed by atoms with Crippen LogP contribution in [-0.2, 0) is 9.84 Å². The van der Waals surface area contributed by atoms with Gasteiger partial charge in [0.1, 0.15) is 0 Å². The molecule has 1 unspecified atom stereocenters. The molecule has 0 aliphatic heterocycles. The molecule has 1 N–H and O–H groups in total. The number of hydrogen-bond acceptors (Lipinski definition) is 3. The van der Waals surface area contributed by atoms with Crippen molar-refractivity contribution >= 4 is 9.84 Å². The molecule has 0 radical (unpaired) electrons. The molecule has 0 aromatic heterocycles. The zero-order valence-electron chi connectivity index (χ0n) is 11.1. The highest BCUT2D eigenvalue weighted by atomic mass is 32.2. The lowest BCUT2D eigenvalue weighted by Crippen LogP contribution is -2.16. The van der Waals surface area contributed by atoms with Gasteiger partial charge in [-0.25, -0.2) is 8.42 Å². The summed E-state index contributed by atoms with van der Waals surface area (Å²) in [6.07, 6.45) is 2.32. The van der Waals surface area contributed by atoms with Crippen molar-refractivity contribution in [1.82, 2.24) is 0 Å². The summed E-state index contributed by atoms with van der Waals surface area (Å²) in [6.45, 7) is 5.63. The van der Waals surface area contributed by atoms with Crippen molar-refractivity contribution in [3.8, 4) is 0 Å². The Kier molecular flexibility index (Phi) is 5.11. The maximum atomic E-state index is 11.7. The summed E-state index contributed by atoms with van der Waals surface area (Å²) in [4.78, 5) is 0. The van der Waals surface area contributed by atoms with Crippen LogP contribution in [0.25, 0.3) is 0 Å². The highest BCUT2D eigenvalue weighted by molar-refractivity contribution is 7.91. The van der Waals surface area contributed by atoms with E-state index in [4.69, 9.17) is 0 Å². The van der Waals surface area contributed by atoms with Crippen molar-refractivity contribution < 1.29 is 13.5 Å². The molecule has 3 nitrogen and oxygen atoms in total. The first-order chi connectivity index (χ1) is 8.34. The van der Waals surface area contributed by atoms with Crippen molar-refractivity contribution in [2.24, 2.45) is 0 Å². The van der Waals surface area contributed by atoms with Crippen LogP contribution in [0.4, 0.5) is 0 Å². The molecule has 0 saturated carbocycles. The van der Waals surface area contributed by atoms with E-state index in [0.717, 1.165) is 11.1 Å². The zero-order valence-corrected chi connectivity index (χ0v) is 11.9. The van der Waals surface area contributed by atoms with Crippen LogP contribution in [0.2, 0.25) is 0 Å². The topological polar surface area (TPSA) is 54.4 Å². The number of hydrogen-bond donors (Lipinski definition) is 1. The monoisotopic (exact) mass is 268 g/mol. The Hall–Kier alpha value is -1.13. The fraction of sp³-hybridized carbons (Fsp3) is 0.429. The second kappa shape index (κ2) is 6.16. The molecule has 0 aliphatic carbocycles. The normalized spacial score (nSPS) is 14.0. The average Bonchev–Trinajstić information content (AvgIpc) is 2.24. The van der Waals surface area contributed by atoms with E-state index in [1.807, 2.05) is 32.0 Å². The Morgan fingerprint density at radius 1 is 1.22 bits per heavy atom. The first kappa shape index (κ1) is 14.9. The van der Waals surface area contributed by atoms with Gasteiger partial charge in [0.15, 0.2) is 9.84 Å². The van der Waals surface area contributed by atoms with Crippen LogP contribution in [0, 0.1) is 13.8 Å². The van der Waals surface area contributed by atoms with Crippen LogP contribution >= 0.6 is 0 Å². The smallest absolute Gasteiger partial charge is 0.156 e. The molecule has 1 aromatic rings. The van der Waals surface area contributed by atoms with Crippen molar-refractivity contribution in [2.45, 2.75) is 26.9 Å². The Bertz CT molecular complexity index is 510. The Labute approximate surface area is 109 Å². The maximum Gasteiger partial charge on any atom is 0.156 e. The van der Waals surface area contributed by atoms with Gasteiger partial charge in [-0.15, -0.1) is 0 Å². The summed E-state index contributed by atoms with van der Waals surface area (Å²) in [7, 11) is -3.25. The largest absolute Gasteiger partial charge is 0.387 e. The van der Waals surface area contributed by atoms with E-state index in [1.54, 1.807) is 19.1 Å². The Morgan fingerprint density at radius 2 is 1.78 bits per heavy atom. The zero-order chi connectivity index (χ0) is 13.8. The summed E-state index contributed by atoms with van der Waals surface area (Å²) < 4.78 is 23.5. The SMILES string of the molecule is CC=CCS(=O)(=O)CC(O)c1cc(C)cc(C)c1. The van der Waals surface area contributed by atoms with Crippen molar-refractivity contribution in [2.75, 3.05) is 11.5 Å². The quantitative estimate of drug-likeness (QED) is 0.834. The standard InChI is InChI=1S/C14H20O3S/c1-4-5-6-18(16,17)10-14(15)13-8-11(2)7-12(3)9-13/h4-5,7-9,14-15H,6,10H2,1-3H3.